The van der Waals surface area contributed by atoms with E-state index >= 15 is 0 Å². The Kier molecular flexibility index (Phi) is 6.19. The first kappa shape index (κ1) is 16.9. The quantitative estimate of drug-likeness (QED) is 0.828. The fraction of sp³-hybridized carbons (Fsp3) is 0.714. The Morgan fingerprint density at radius 2 is 2.14 bits per heavy atom. The number of hydrogen-bond donors (Lipinski definition) is 1. The Morgan fingerprint density at radius 3 is 2.71 bits per heavy atom. The predicted octanol–water partition coefficient (Wildman–Crippen LogP) is 1.75. The van der Waals surface area contributed by atoms with Gasteiger partial charge in [-0.3, -0.25) is 0 Å². The van der Waals surface area contributed by atoms with E-state index in [-0.39, 0.29) is 0 Å². The van der Waals surface area contributed by atoms with E-state index < -0.39 is 10.2 Å². The van der Waals surface area contributed by atoms with Gasteiger partial charge in [0.25, 0.3) is 10.2 Å². The minimum absolute atomic E-state index is 0.456. The van der Waals surface area contributed by atoms with Crippen molar-refractivity contribution in [2.24, 2.45) is 5.92 Å². The summed E-state index contributed by atoms with van der Waals surface area (Å²) in [6.45, 7) is 5.79. The summed E-state index contributed by atoms with van der Waals surface area (Å²) in [5.74, 6) is 0.596. The van der Waals surface area contributed by atoms with Gasteiger partial charge in [-0.25, -0.2) is 0 Å². The zero-order valence-corrected chi connectivity index (χ0v) is 14.4. The molecule has 0 bridgehead atoms. The van der Waals surface area contributed by atoms with Crippen molar-refractivity contribution in [1.82, 2.24) is 13.9 Å². The zero-order valence-electron chi connectivity index (χ0n) is 12.8. The van der Waals surface area contributed by atoms with Crippen molar-refractivity contribution in [2.45, 2.75) is 26.3 Å². The topological polar surface area (TPSA) is 52.7 Å². The molecule has 1 aromatic heterocycles. The van der Waals surface area contributed by atoms with Gasteiger partial charge in [-0.1, -0.05) is 13.0 Å². The second kappa shape index (κ2) is 7.69. The molecule has 5 nitrogen and oxygen atoms in total. The van der Waals surface area contributed by atoms with Crippen LogP contribution in [0.2, 0.25) is 0 Å². The summed E-state index contributed by atoms with van der Waals surface area (Å²) in [7, 11) is -1.66. The van der Waals surface area contributed by atoms with Crippen LogP contribution in [0.15, 0.2) is 17.5 Å². The van der Waals surface area contributed by atoms with Crippen molar-refractivity contribution in [2.75, 3.05) is 33.2 Å². The molecule has 0 aromatic carbocycles. The molecule has 0 atom stereocenters. The standard InChI is InChI=1S/C14H25N3O2S2/c1-3-15-11-13-6-8-17(9-7-13)21(18,19)16(2)12-14-5-4-10-20-14/h4-5,10,13,15H,3,6-9,11-12H2,1-2H3. The van der Waals surface area contributed by atoms with E-state index in [9.17, 15) is 8.42 Å². The molecule has 7 heteroatoms. The van der Waals surface area contributed by atoms with E-state index in [2.05, 4.69) is 12.2 Å². The molecule has 21 heavy (non-hydrogen) atoms. The highest BCUT2D eigenvalue weighted by Gasteiger charge is 2.30. The Labute approximate surface area is 132 Å². The van der Waals surface area contributed by atoms with Gasteiger partial charge in [-0.05, 0) is 43.3 Å². The van der Waals surface area contributed by atoms with Crippen LogP contribution in [0.1, 0.15) is 24.6 Å². The van der Waals surface area contributed by atoms with E-state index in [0.29, 0.717) is 25.6 Å². The van der Waals surface area contributed by atoms with E-state index in [0.717, 1.165) is 30.8 Å². The maximum absolute atomic E-state index is 12.6. The van der Waals surface area contributed by atoms with Crippen LogP contribution in [0.3, 0.4) is 0 Å². The lowest BCUT2D eigenvalue weighted by atomic mass is 9.98. The molecule has 2 rings (SSSR count). The average molecular weight is 332 g/mol. The zero-order chi connectivity index (χ0) is 15.3. The van der Waals surface area contributed by atoms with Crippen LogP contribution in [0.4, 0.5) is 0 Å². The van der Waals surface area contributed by atoms with Gasteiger partial charge in [0.2, 0.25) is 0 Å². The first-order chi connectivity index (χ1) is 10.0. The number of piperidine rings is 1. The van der Waals surface area contributed by atoms with Crippen LogP contribution in [0, 0.1) is 5.92 Å². The van der Waals surface area contributed by atoms with Crippen LogP contribution < -0.4 is 5.32 Å². The highest BCUT2D eigenvalue weighted by molar-refractivity contribution is 7.86. The second-order valence-electron chi connectivity index (χ2n) is 5.49. The van der Waals surface area contributed by atoms with Gasteiger partial charge in [-0.2, -0.15) is 17.0 Å². The first-order valence-electron chi connectivity index (χ1n) is 7.48. The Bertz CT molecular complexity index is 508. The molecule has 1 N–H and O–H groups in total. The van der Waals surface area contributed by atoms with Crippen LogP contribution in [-0.2, 0) is 16.8 Å². The molecule has 0 radical (unpaired) electrons. The van der Waals surface area contributed by atoms with Crippen molar-refractivity contribution in [3.63, 3.8) is 0 Å². The highest BCUT2D eigenvalue weighted by atomic mass is 32.2. The monoisotopic (exact) mass is 331 g/mol. The molecule has 0 aliphatic carbocycles. The van der Waals surface area contributed by atoms with Crippen molar-refractivity contribution in [1.29, 1.82) is 0 Å². The third kappa shape index (κ3) is 4.50. The molecule has 1 fully saturated rings. The average Bonchev–Trinajstić information content (AvgIpc) is 2.98. The molecule has 120 valence electrons. The van der Waals surface area contributed by atoms with Crippen LogP contribution in [0.5, 0.6) is 0 Å². The third-order valence-electron chi connectivity index (χ3n) is 3.94. The fourth-order valence-electron chi connectivity index (χ4n) is 2.59. The lowest BCUT2D eigenvalue weighted by Gasteiger charge is -2.33. The molecule has 0 unspecified atom stereocenters. The maximum atomic E-state index is 12.6. The fourth-order valence-corrected chi connectivity index (χ4v) is 4.80. The summed E-state index contributed by atoms with van der Waals surface area (Å²) >= 11 is 1.59. The molecule has 1 aliphatic heterocycles. The van der Waals surface area contributed by atoms with Crippen molar-refractivity contribution in [3.8, 4) is 0 Å². The van der Waals surface area contributed by atoms with Gasteiger partial charge in [0.15, 0.2) is 0 Å². The highest BCUT2D eigenvalue weighted by Crippen LogP contribution is 2.22. The number of nitrogens with zero attached hydrogens (tertiary/aromatic N) is 2. The number of hydrogen-bond acceptors (Lipinski definition) is 4. The van der Waals surface area contributed by atoms with Crippen LogP contribution in [-0.4, -0.2) is 50.3 Å². The van der Waals surface area contributed by atoms with E-state index in [1.165, 1.54) is 4.31 Å². The normalized spacial score (nSPS) is 18.4. The maximum Gasteiger partial charge on any atom is 0.282 e. The van der Waals surface area contributed by atoms with Gasteiger partial charge in [0.1, 0.15) is 0 Å². The minimum Gasteiger partial charge on any atom is -0.317 e. The first-order valence-corrected chi connectivity index (χ1v) is 9.76. The van der Waals surface area contributed by atoms with Gasteiger partial charge < -0.3 is 5.32 Å². The van der Waals surface area contributed by atoms with Crippen molar-refractivity contribution >= 4 is 21.5 Å². The second-order valence-corrected chi connectivity index (χ2v) is 8.56. The van der Waals surface area contributed by atoms with Gasteiger partial charge in [0, 0.05) is 31.6 Å². The van der Waals surface area contributed by atoms with E-state index in [4.69, 9.17) is 0 Å². The van der Waals surface area contributed by atoms with Crippen LogP contribution >= 0.6 is 11.3 Å². The Morgan fingerprint density at radius 1 is 1.43 bits per heavy atom. The van der Waals surface area contributed by atoms with Gasteiger partial charge >= 0.3 is 0 Å². The largest absolute Gasteiger partial charge is 0.317 e. The molecule has 1 saturated heterocycles. The molecular weight excluding hydrogens is 306 g/mol. The minimum atomic E-state index is -3.33. The van der Waals surface area contributed by atoms with Crippen molar-refractivity contribution in [3.05, 3.63) is 22.4 Å². The summed E-state index contributed by atoms with van der Waals surface area (Å²) in [4.78, 5) is 1.07. The van der Waals surface area contributed by atoms with Gasteiger partial charge in [-0.15, -0.1) is 11.3 Å². The van der Waals surface area contributed by atoms with E-state index in [1.807, 2.05) is 17.5 Å². The predicted molar refractivity (Wildman–Crippen MR) is 87.5 cm³/mol. The Balaban J connectivity index is 1.88. The summed E-state index contributed by atoms with van der Waals surface area (Å²) < 4.78 is 28.2. The smallest absolute Gasteiger partial charge is 0.282 e. The SMILES string of the molecule is CCNCC1CCN(S(=O)(=O)N(C)Cc2cccs2)CC1. The molecule has 0 amide bonds. The lowest BCUT2D eigenvalue weighted by molar-refractivity contribution is 0.254. The van der Waals surface area contributed by atoms with Gasteiger partial charge in [0.05, 0.1) is 0 Å². The molecule has 0 saturated carbocycles. The number of rotatable bonds is 7. The lowest BCUT2D eigenvalue weighted by Crippen LogP contribution is -2.46. The molecule has 2 heterocycles. The van der Waals surface area contributed by atoms with E-state index in [1.54, 1.807) is 22.7 Å². The molecule has 1 aromatic rings. The molecule has 0 spiro atoms. The summed E-state index contributed by atoms with van der Waals surface area (Å²) in [6, 6.07) is 3.92. The Hall–Kier alpha value is -0.470. The summed E-state index contributed by atoms with van der Waals surface area (Å²) in [5, 5.41) is 5.32. The van der Waals surface area contributed by atoms with Crippen LogP contribution in [0.25, 0.3) is 0 Å². The molecular formula is C14H25N3O2S2. The summed E-state index contributed by atoms with van der Waals surface area (Å²) in [6.07, 6.45) is 1.89. The van der Waals surface area contributed by atoms with Crippen molar-refractivity contribution < 1.29 is 8.42 Å². The third-order valence-corrected chi connectivity index (χ3v) is 6.73. The number of nitrogens with one attached hydrogen (secondary N) is 1. The summed E-state index contributed by atoms with van der Waals surface area (Å²) in [5.41, 5.74) is 0. The molecule has 1 aliphatic rings. The number of thiophene rings is 1.